The van der Waals surface area contributed by atoms with Gasteiger partial charge in [0, 0.05) is 32.0 Å². The van der Waals surface area contributed by atoms with Crippen LogP contribution in [0.5, 0.6) is 0 Å². The number of aryl methyl sites for hydroxylation is 1. The van der Waals surface area contributed by atoms with Crippen LogP contribution < -0.4 is 10.9 Å². The number of amides is 1. The number of rotatable bonds is 5. The molecule has 1 aromatic rings. The summed E-state index contributed by atoms with van der Waals surface area (Å²) in [4.78, 5) is 23.0. The van der Waals surface area contributed by atoms with Crippen LogP contribution in [-0.2, 0) is 16.1 Å². The molecule has 1 atom stereocenters. The summed E-state index contributed by atoms with van der Waals surface area (Å²) >= 11 is 0. The van der Waals surface area contributed by atoms with Crippen molar-refractivity contribution >= 4 is 5.91 Å². The molecule has 1 unspecified atom stereocenters. The summed E-state index contributed by atoms with van der Waals surface area (Å²) in [6.07, 6.45) is 3.98. The van der Waals surface area contributed by atoms with Crippen molar-refractivity contribution in [1.82, 2.24) is 9.88 Å². The summed E-state index contributed by atoms with van der Waals surface area (Å²) in [6.45, 7) is 1.86. The number of pyridine rings is 1. The van der Waals surface area contributed by atoms with Crippen LogP contribution in [0.1, 0.15) is 19.3 Å². The minimum Gasteiger partial charge on any atom is -0.368 e. The van der Waals surface area contributed by atoms with Crippen molar-refractivity contribution in [2.24, 2.45) is 0 Å². The number of carbonyl (C=O) groups excluding carboxylic acids is 1. The van der Waals surface area contributed by atoms with Crippen LogP contribution >= 0.6 is 0 Å². The van der Waals surface area contributed by atoms with Crippen molar-refractivity contribution in [2.45, 2.75) is 31.9 Å². The Morgan fingerprint density at radius 3 is 3.11 bits per heavy atom. The molecule has 18 heavy (non-hydrogen) atoms. The van der Waals surface area contributed by atoms with Crippen molar-refractivity contribution in [3.8, 4) is 0 Å². The quantitative estimate of drug-likeness (QED) is 0.776. The van der Waals surface area contributed by atoms with Crippen molar-refractivity contribution in [3.05, 3.63) is 34.7 Å². The van der Waals surface area contributed by atoms with E-state index in [4.69, 9.17) is 4.74 Å². The van der Waals surface area contributed by atoms with Gasteiger partial charge in [-0.1, -0.05) is 6.07 Å². The average Bonchev–Trinajstić information content (AvgIpc) is 2.90. The molecule has 1 aromatic heterocycles. The van der Waals surface area contributed by atoms with Gasteiger partial charge in [-0.05, 0) is 25.3 Å². The fourth-order valence-corrected chi connectivity index (χ4v) is 2.00. The number of aromatic nitrogens is 1. The zero-order valence-electron chi connectivity index (χ0n) is 10.3. The summed E-state index contributed by atoms with van der Waals surface area (Å²) in [5.41, 5.74) is -0.0112. The van der Waals surface area contributed by atoms with Gasteiger partial charge in [-0.15, -0.1) is 0 Å². The second-order valence-electron chi connectivity index (χ2n) is 4.38. The molecule has 1 fully saturated rings. The third-order valence-corrected chi connectivity index (χ3v) is 3.00. The van der Waals surface area contributed by atoms with Crippen LogP contribution in [0.3, 0.4) is 0 Å². The molecule has 1 saturated heterocycles. The molecule has 0 saturated carbocycles. The second kappa shape index (κ2) is 6.35. The normalized spacial score (nSPS) is 18.8. The van der Waals surface area contributed by atoms with E-state index in [0.29, 0.717) is 19.7 Å². The SMILES string of the molecule is O=C(NCCCn1ccccc1=O)C1CCCO1. The van der Waals surface area contributed by atoms with Gasteiger partial charge in [0.1, 0.15) is 6.10 Å². The molecule has 2 rings (SSSR count). The zero-order valence-corrected chi connectivity index (χ0v) is 10.3. The monoisotopic (exact) mass is 250 g/mol. The first kappa shape index (κ1) is 12.8. The molecule has 1 aliphatic heterocycles. The third kappa shape index (κ3) is 3.43. The Kier molecular flexibility index (Phi) is 4.52. The summed E-state index contributed by atoms with van der Waals surface area (Å²) in [5.74, 6) is -0.0343. The minimum absolute atomic E-state index is 0.0112. The molecule has 0 spiro atoms. The van der Waals surface area contributed by atoms with Gasteiger partial charge in [0.15, 0.2) is 0 Å². The maximum Gasteiger partial charge on any atom is 0.250 e. The summed E-state index contributed by atoms with van der Waals surface area (Å²) < 4.78 is 6.92. The smallest absolute Gasteiger partial charge is 0.250 e. The van der Waals surface area contributed by atoms with Crippen LogP contribution in [0.4, 0.5) is 0 Å². The van der Waals surface area contributed by atoms with Gasteiger partial charge < -0.3 is 14.6 Å². The molecule has 0 aromatic carbocycles. The second-order valence-corrected chi connectivity index (χ2v) is 4.38. The van der Waals surface area contributed by atoms with Crippen LogP contribution in [0.25, 0.3) is 0 Å². The first-order valence-corrected chi connectivity index (χ1v) is 6.32. The first-order valence-electron chi connectivity index (χ1n) is 6.32. The van der Waals surface area contributed by atoms with Crippen LogP contribution in [-0.4, -0.2) is 29.7 Å². The van der Waals surface area contributed by atoms with E-state index in [2.05, 4.69) is 5.32 Å². The number of nitrogens with zero attached hydrogens (tertiary/aromatic N) is 1. The van der Waals surface area contributed by atoms with Crippen molar-refractivity contribution in [1.29, 1.82) is 0 Å². The van der Waals surface area contributed by atoms with Crippen LogP contribution in [0.2, 0.25) is 0 Å². The van der Waals surface area contributed by atoms with Gasteiger partial charge in [-0.25, -0.2) is 0 Å². The van der Waals surface area contributed by atoms with Crippen molar-refractivity contribution in [3.63, 3.8) is 0 Å². The number of carbonyl (C=O) groups is 1. The minimum atomic E-state index is -0.274. The number of hydrogen-bond acceptors (Lipinski definition) is 3. The Morgan fingerprint density at radius 1 is 1.50 bits per heavy atom. The Balaban J connectivity index is 1.68. The fourth-order valence-electron chi connectivity index (χ4n) is 2.00. The lowest BCUT2D eigenvalue weighted by molar-refractivity contribution is -0.130. The van der Waals surface area contributed by atoms with E-state index in [0.717, 1.165) is 19.3 Å². The zero-order chi connectivity index (χ0) is 12.8. The highest BCUT2D eigenvalue weighted by Gasteiger charge is 2.22. The van der Waals surface area contributed by atoms with E-state index in [-0.39, 0.29) is 17.6 Å². The number of nitrogens with one attached hydrogen (secondary N) is 1. The summed E-state index contributed by atoms with van der Waals surface area (Å²) in [6, 6.07) is 5.08. The maximum absolute atomic E-state index is 11.6. The molecule has 1 N–H and O–H groups in total. The van der Waals surface area contributed by atoms with E-state index in [9.17, 15) is 9.59 Å². The van der Waals surface area contributed by atoms with Gasteiger partial charge in [-0.2, -0.15) is 0 Å². The van der Waals surface area contributed by atoms with Gasteiger partial charge >= 0.3 is 0 Å². The lowest BCUT2D eigenvalue weighted by Gasteiger charge is -2.10. The number of ether oxygens (including phenoxy) is 1. The molecule has 5 nitrogen and oxygen atoms in total. The van der Waals surface area contributed by atoms with E-state index in [1.807, 2.05) is 6.07 Å². The molecule has 0 bridgehead atoms. The van der Waals surface area contributed by atoms with Gasteiger partial charge in [0.05, 0.1) is 0 Å². The largest absolute Gasteiger partial charge is 0.368 e. The Bertz CT molecular complexity index is 450. The predicted octanol–water partition coefficient (Wildman–Crippen LogP) is 0.534. The standard InChI is InChI=1S/C13H18N2O3/c16-12-6-1-2-8-15(12)9-4-7-14-13(17)11-5-3-10-18-11/h1-2,6,8,11H,3-5,7,9-10H2,(H,14,17). The molecule has 98 valence electrons. The Morgan fingerprint density at radius 2 is 2.39 bits per heavy atom. The molecule has 2 heterocycles. The van der Waals surface area contributed by atoms with Crippen LogP contribution in [0.15, 0.2) is 29.2 Å². The fraction of sp³-hybridized carbons (Fsp3) is 0.538. The van der Waals surface area contributed by atoms with E-state index in [1.165, 1.54) is 6.07 Å². The highest BCUT2D eigenvalue weighted by atomic mass is 16.5. The molecule has 1 aliphatic rings. The van der Waals surface area contributed by atoms with Gasteiger partial charge in [-0.3, -0.25) is 9.59 Å². The summed E-state index contributed by atoms with van der Waals surface area (Å²) in [5, 5.41) is 2.83. The maximum atomic E-state index is 11.6. The lowest BCUT2D eigenvalue weighted by Crippen LogP contribution is -2.35. The van der Waals surface area contributed by atoms with Crippen molar-refractivity contribution in [2.75, 3.05) is 13.2 Å². The molecule has 5 heteroatoms. The van der Waals surface area contributed by atoms with Gasteiger partial charge in [0.25, 0.3) is 0 Å². The topological polar surface area (TPSA) is 60.3 Å². The highest BCUT2D eigenvalue weighted by molar-refractivity contribution is 5.80. The molecular weight excluding hydrogens is 232 g/mol. The third-order valence-electron chi connectivity index (χ3n) is 3.00. The molecule has 0 aliphatic carbocycles. The summed E-state index contributed by atoms with van der Waals surface area (Å²) in [7, 11) is 0. The highest BCUT2D eigenvalue weighted by Crippen LogP contribution is 2.11. The predicted molar refractivity (Wildman–Crippen MR) is 67.3 cm³/mol. The van der Waals surface area contributed by atoms with Gasteiger partial charge in [0.2, 0.25) is 11.5 Å². The van der Waals surface area contributed by atoms with E-state index in [1.54, 1.807) is 16.8 Å². The lowest BCUT2D eigenvalue weighted by atomic mass is 10.2. The first-order chi connectivity index (χ1) is 8.77. The average molecular weight is 250 g/mol. The molecule has 0 radical (unpaired) electrons. The van der Waals surface area contributed by atoms with Crippen LogP contribution in [0, 0.1) is 0 Å². The molecule has 1 amide bonds. The van der Waals surface area contributed by atoms with E-state index < -0.39 is 0 Å². The Hall–Kier alpha value is -1.62. The number of hydrogen-bond donors (Lipinski definition) is 1. The van der Waals surface area contributed by atoms with E-state index >= 15 is 0 Å². The Labute approximate surface area is 106 Å². The van der Waals surface area contributed by atoms with Crippen molar-refractivity contribution < 1.29 is 9.53 Å². The molecular formula is C13H18N2O3.